The molecule has 6 nitrogen and oxygen atoms in total. The van der Waals surface area contributed by atoms with E-state index in [1.54, 1.807) is 7.05 Å². The summed E-state index contributed by atoms with van der Waals surface area (Å²) in [5.41, 5.74) is -0.283. The van der Waals surface area contributed by atoms with Gasteiger partial charge in [0.15, 0.2) is 5.16 Å². The molecule has 0 fully saturated rings. The number of hydrogen-bond donors (Lipinski definition) is 2. The standard InChI is InChI=1S/C7H9N3O3S/c1-10-6(13)8-9-7(10)14-4-2-3-5(11)12/h2-3H,4H2,1H3,(H,8,13)(H,11,12)/b3-2+. The number of nitrogens with one attached hydrogen (secondary N) is 1. The normalized spacial score (nSPS) is 10.9. The highest BCUT2D eigenvalue weighted by atomic mass is 32.2. The van der Waals surface area contributed by atoms with E-state index in [2.05, 4.69) is 10.2 Å². The van der Waals surface area contributed by atoms with Gasteiger partial charge in [-0.1, -0.05) is 17.8 Å². The molecule has 0 saturated carbocycles. The van der Waals surface area contributed by atoms with Crippen molar-refractivity contribution < 1.29 is 9.90 Å². The van der Waals surface area contributed by atoms with Crippen LogP contribution in [0.4, 0.5) is 0 Å². The van der Waals surface area contributed by atoms with Crippen molar-refractivity contribution in [2.75, 3.05) is 5.75 Å². The van der Waals surface area contributed by atoms with E-state index in [1.165, 1.54) is 22.4 Å². The van der Waals surface area contributed by atoms with Crippen LogP contribution >= 0.6 is 11.8 Å². The van der Waals surface area contributed by atoms with Crippen LogP contribution in [0.3, 0.4) is 0 Å². The van der Waals surface area contributed by atoms with Gasteiger partial charge in [0.1, 0.15) is 0 Å². The molecule has 14 heavy (non-hydrogen) atoms. The van der Waals surface area contributed by atoms with E-state index in [0.717, 1.165) is 6.08 Å². The van der Waals surface area contributed by atoms with E-state index >= 15 is 0 Å². The lowest BCUT2D eigenvalue weighted by Crippen LogP contribution is -2.12. The molecule has 7 heteroatoms. The molecule has 1 rings (SSSR count). The van der Waals surface area contributed by atoms with Gasteiger partial charge >= 0.3 is 11.7 Å². The largest absolute Gasteiger partial charge is 0.478 e. The Balaban J connectivity index is 2.50. The first-order chi connectivity index (χ1) is 6.61. The fourth-order valence-corrected chi connectivity index (χ4v) is 1.46. The summed E-state index contributed by atoms with van der Waals surface area (Å²) in [7, 11) is 1.59. The van der Waals surface area contributed by atoms with Gasteiger partial charge in [-0.3, -0.25) is 4.57 Å². The number of carbonyl (C=O) groups is 1. The molecular formula is C7H9N3O3S. The maximum atomic E-state index is 10.9. The van der Waals surface area contributed by atoms with Crippen LogP contribution in [-0.4, -0.2) is 31.6 Å². The molecule has 1 aromatic heterocycles. The fraction of sp³-hybridized carbons (Fsp3) is 0.286. The number of thioether (sulfide) groups is 1. The van der Waals surface area contributed by atoms with Gasteiger partial charge in [-0.05, 0) is 0 Å². The van der Waals surface area contributed by atoms with Crippen molar-refractivity contribution >= 4 is 17.7 Å². The number of rotatable bonds is 4. The summed E-state index contributed by atoms with van der Waals surface area (Å²) < 4.78 is 1.36. The van der Waals surface area contributed by atoms with Gasteiger partial charge in [0, 0.05) is 18.9 Å². The van der Waals surface area contributed by atoms with Crippen LogP contribution < -0.4 is 5.69 Å². The van der Waals surface area contributed by atoms with Gasteiger partial charge in [0.25, 0.3) is 0 Å². The molecule has 0 aliphatic carbocycles. The third-order valence-corrected chi connectivity index (χ3v) is 2.39. The Morgan fingerprint density at radius 3 is 3.00 bits per heavy atom. The monoisotopic (exact) mass is 215 g/mol. The van der Waals surface area contributed by atoms with E-state index in [-0.39, 0.29) is 5.69 Å². The predicted octanol–water partition coefficient (Wildman–Crippen LogP) is -0.159. The highest BCUT2D eigenvalue weighted by Crippen LogP contribution is 2.11. The van der Waals surface area contributed by atoms with Crippen LogP contribution in [0, 0.1) is 0 Å². The molecule has 0 unspecified atom stereocenters. The molecule has 0 aliphatic heterocycles. The SMILES string of the molecule is Cn1c(SC/C=C/C(=O)O)n[nH]c1=O. The third kappa shape index (κ3) is 2.77. The quantitative estimate of drug-likeness (QED) is 0.538. The van der Waals surface area contributed by atoms with Crippen molar-refractivity contribution in [3.05, 3.63) is 22.6 Å². The maximum Gasteiger partial charge on any atom is 0.343 e. The zero-order valence-electron chi connectivity index (χ0n) is 7.43. The smallest absolute Gasteiger partial charge is 0.343 e. The zero-order chi connectivity index (χ0) is 10.6. The lowest BCUT2D eigenvalue weighted by atomic mass is 10.5. The molecular weight excluding hydrogens is 206 g/mol. The van der Waals surface area contributed by atoms with Crippen LogP contribution in [0.25, 0.3) is 0 Å². The van der Waals surface area contributed by atoms with Gasteiger partial charge in [0.05, 0.1) is 0 Å². The number of carboxylic acids is 1. The molecule has 0 saturated heterocycles. The summed E-state index contributed by atoms with van der Waals surface area (Å²) in [5.74, 6) is -0.522. The van der Waals surface area contributed by atoms with Crippen molar-refractivity contribution in [1.29, 1.82) is 0 Å². The molecule has 76 valence electrons. The minimum Gasteiger partial charge on any atom is -0.478 e. The topological polar surface area (TPSA) is 88.0 Å². The van der Waals surface area contributed by atoms with Crippen LogP contribution in [0.2, 0.25) is 0 Å². The van der Waals surface area contributed by atoms with Gasteiger partial charge in [0.2, 0.25) is 0 Å². The predicted molar refractivity (Wildman–Crippen MR) is 51.3 cm³/mol. The minimum absolute atomic E-state index is 0.283. The average molecular weight is 215 g/mol. The van der Waals surface area contributed by atoms with Crippen LogP contribution in [0.5, 0.6) is 0 Å². The maximum absolute atomic E-state index is 10.9. The summed E-state index contributed by atoms with van der Waals surface area (Å²) in [6.07, 6.45) is 2.55. The molecule has 0 spiro atoms. The second-order valence-corrected chi connectivity index (χ2v) is 3.41. The zero-order valence-corrected chi connectivity index (χ0v) is 8.24. The van der Waals surface area contributed by atoms with Gasteiger partial charge in [-0.15, -0.1) is 5.10 Å². The first-order valence-electron chi connectivity index (χ1n) is 3.75. The van der Waals surface area contributed by atoms with Gasteiger partial charge < -0.3 is 5.11 Å². The van der Waals surface area contributed by atoms with E-state index in [1.807, 2.05) is 0 Å². The van der Waals surface area contributed by atoms with Crippen molar-refractivity contribution in [3.63, 3.8) is 0 Å². The number of nitrogens with zero attached hydrogens (tertiary/aromatic N) is 2. The Morgan fingerprint density at radius 1 is 1.79 bits per heavy atom. The Morgan fingerprint density at radius 2 is 2.50 bits per heavy atom. The van der Waals surface area contributed by atoms with Crippen molar-refractivity contribution in [1.82, 2.24) is 14.8 Å². The second-order valence-electron chi connectivity index (χ2n) is 2.42. The molecule has 0 aliphatic rings. The highest BCUT2D eigenvalue weighted by molar-refractivity contribution is 7.99. The Labute approximate surface area is 83.6 Å². The van der Waals surface area contributed by atoms with Gasteiger partial charge in [-0.2, -0.15) is 0 Å². The number of aliphatic carboxylic acids is 1. The van der Waals surface area contributed by atoms with E-state index in [0.29, 0.717) is 10.9 Å². The fourth-order valence-electron chi connectivity index (χ4n) is 0.733. The van der Waals surface area contributed by atoms with E-state index in [4.69, 9.17) is 5.11 Å². The van der Waals surface area contributed by atoms with Crippen LogP contribution in [-0.2, 0) is 11.8 Å². The highest BCUT2D eigenvalue weighted by Gasteiger charge is 2.02. The number of aromatic amines is 1. The molecule has 1 heterocycles. The van der Waals surface area contributed by atoms with Crippen molar-refractivity contribution in [2.24, 2.45) is 7.05 Å². The third-order valence-electron chi connectivity index (χ3n) is 1.41. The van der Waals surface area contributed by atoms with E-state index in [9.17, 15) is 9.59 Å². The lowest BCUT2D eigenvalue weighted by molar-refractivity contribution is -0.131. The van der Waals surface area contributed by atoms with Crippen LogP contribution in [0.1, 0.15) is 0 Å². The molecule has 0 radical (unpaired) electrons. The minimum atomic E-state index is -0.985. The summed E-state index contributed by atoms with van der Waals surface area (Å²) in [6.45, 7) is 0. The van der Waals surface area contributed by atoms with Crippen LogP contribution in [0.15, 0.2) is 22.1 Å². The summed E-state index contributed by atoms with van der Waals surface area (Å²) in [4.78, 5) is 21.0. The number of aromatic nitrogens is 3. The average Bonchev–Trinajstić information content (AvgIpc) is 2.43. The number of H-pyrrole nitrogens is 1. The first-order valence-corrected chi connectivity index (χ1v) is 4.73. The molecule has 0 amide bonds. The Bertz CT molecular complexity index is 407. The Kier molecular flexibility index (Phi) is 3.52. The molecule has 1 aromatic rings. The number of hydrogen-bond acceptors (Lipinski definition) is 4. The first kappa shape index (κ1) is 10.6. The summed E-state index contributed by atoms with van der Waals surface area (Å²) in [5, 5.41) is 14.9. The van der Waals surface area contributed by atoms with Gasteiger partial charge in [-0.25, -0.2) is 14.7 Å². The molecule has 0 atom stereocenters. The molecule has 0 aromatic carbocycles. The van der Waals surface area contributed by atoms with Crippen molar-refractivity contribution in [3.8, 4) is 0 Å². The lowest BCUT2D eigenvalue weighted by Gasteiger charge is -1.94. The summed E-state index contributed by atoms with van der Waals surface area (Å²) >= 11 is 1.28. The van der Waals surface area contributed by atoms with E-state index < -0.39 is 5.97 Å². The molecule has 2 N–H and O–H groups in total. The summed E-state index contributed by atoms with van der Waals surface area (Å²) in [6, 6.07) is 0. The molecule has 0 bridgehead atoms. The Hall–Kier alpha value is -1.50. The van der Waals surface area contributed by atoms with Crippen molar-refractivity contribution in [2.45, 2.75) is 5.16 Å². The second kappa shape index (κ2) is 4.66. The number of carboxylic acid groups (broad SMARTS) is 1.